The van der Waals surface area contributed by atoms with Gasteiger partial charge in [-0.3, -0.25) is 76.7 Å². The zero-order chi connectivity index (χ0) is 85.4. The lowest BCUT2D eigenvalue weighted by molar-refractivity contribution is -0.163. The van der Waals surface area contributed by atoms with Gasteiger partial charge in [-0.2, -0.15) is 0 Å². The quantitative estimate of drug-likeness (QED) is 0.0220. The molecule has 14 N–H and O–H groups in total. The van der Waals surface area contributed by atoms with Crippen molar-refractivity contribution in [2.45, 2.75) is 276 Å². The van der Waals surface area contributed by atoms with Crippen LogP contribution in [-0.4, -0.2) is 256 Å². The molecule has 4 aliphatic rings. The highest BCUT2D eigenvalue weighted by Crippen LogP contribution is 2.29. The van der Waals surface area contributed by atoms with Gasteiger partial charge in [-0.25, -0.2) is 9.59 Å². The van der Waals surface area contributed by atoms with Crippen molar-refractivity contribution in [3.8, 4) is 5.75 Å². The van der Waals surface area contributed by atoms with Gasteiger partial charge in [-0.05, 0) is 126 Å². The number of esters is 3. The molecule has 4 saturated heterocycles. The van der Waals surface area contributed by atoms with E-state index < -0.39 is 259 Å². The molecule has 0 aromatic heterocycles. The Hall–Kier alpha value is -10.4. The number of Topliss-reactive ketones (excluding diaryl/α,β-unsaturated/α-hetero) is 1. The molecular weight excluding hydrogens is 1490 g/mol. The first kappa shape index (κ1) is 94.2. The Morgan fingerprint density at radius 3 is 1.82 bits per heavy atom. The van der Waals surface area contributed by atoms with Gasteiger partial charge in [-0.15, -0.1) is 0 Å². The van der Waals surface area contributed by atoms with E-state index in [1.807, 2.05) is 13.8 Å². The summed E-state index contributed by atoms with van der Waals surface area (Å²) in [4.78, 5) is 256. The third-order valence-electron chi connectivity index (χ3n) is 21.0. The lowest BCUT2D eigenvalue weighted by Gasteiger charge is -2.36. The molecular formula is C77H118N14O23. The number of hydrogen-bond donors (Lipinski definition) is 11. The lowest BCUT2D eigenvalue weighted by atomic mass is 9.91. The lowest BCUT2D eigenvalue weighted by Crippen LogP contribution is -2.62. The Balaban J connectivity index is 1.50. The van der Waals surface area contributed by atoms with Crippen LogP contribution in [-0.2, 0) is 107 Å². The van der Waals surface area contributed by atoms with Gasteiger partial charge >= 0.3 is 17.9 Å². The maximum Gasteiger partial charge on any atom is 0.329 e. The van der Waals surface area contributed by atoms with Crippen LogP contribution in [0.5, 0.6) is 5.75 Å². The summed E-state index contributed by atoms with van der Waals surface area (Å²) in [7, 11) is 4.08. The number of likely N-dealkylation sites (tertiary alicyclic amines) is 1. The Bertz CT molecular complexity index is 3670. The minimum atomic E-state index is -1.93. The fraction of sp³-hybridized carbons (Fsp3) is 0.688. The number of amides is 14. The van der Waals surface area contributed by atoms with E-state index in [9.17, 15) is 67.4 Å². The van der Waals surface area contributed by atoms with Crippen LogP contribution >= 0.6 is 0 Å². The van der Waals surface area contributed by atoms with Gasteiger partial charge in [-0.1, -0.05) is 73.9 Å². The monoisotopic (exact) mass is 1610 g/mol. The first-order chi connectivity index (χ1) is 53.5. The molecule has 0 saturated carbocycles. The number of ketones is 1. The van der Waals surface area contributed by atoms with Crippen molar-refractivity contribution < 1.29 is 110 Å². The van der Waals surface area contributed by atoms with Crippen LogP contribution in [0, 0.1) is 29.6 Å². The van der Waals surface area contributed by atoms with Crippen LogP contribution in [0.25, 0.3) is 0 Å². The number of likely N-dealkylation sites (N-methyl/N-ethyl adjacent to an activating group) is 2. The molecule has 37 nitrogen and oxygen atoms in total. The van der Waals surface area contributed by atoms with E-state index in [-0.39, 0.29) is 83.2 Å². The number of nitrogens with two attached hydrogens (primary N) is 3. The minimum Gasteiger partial charge on any atom is -0.497 e. The SMILES string of the molecule is CC[C@H](C)[C@H]1NC(=O)[C@H](NC(=O)[C@@H](CC(C)C)N(C)C(=O)[C@@H]2CCCN2C(=O)[C@H](C)OC(=O)[C@H](CCC(N)=O)NC(=O)[C@H](CCC(N)=O)NC(=O)[C@H](CCC(N)=O)NC(=O)[C@@H]2CCC(=O)N2)[C@@H](C)OC(=O)[C@H](Cc2ccc(OC)cc2)N(C)C(=O)[C@@H]2CCCN2C(=O)[C@H](CC(C)C)NC(=O)[C@@H](C)C(=O)[C@H](C(C)C)OC(=O)C[C@@H]1O. The van der Waals surface area contributed by atoms with Crippen LogP contribution in [0.1, 0.15) is 184 Å². The third kappa shape index (κ3) is 26.9. The van der Waals surface area contributed by atoms with Crippen LogP contribution < -0.4 is 59.2 Å². The van der Waals surface area contributed by atoms with Crippen molar-refractivity contribution in [3.63, 3.8) is 0 Å². The first-order valence-electron chi connectivity index (χ1n) is 39.1. The van der Waals surface area contributed by atoms with Crippen molar-refractivity contribution in [2.24, 2.45) is 46.8 Å². The van der Waals surface area contributed by atoms with Crippen molar-refractivity contribution >= 4 is 106 Å². The number of primary amides is 3. The number of nitrogens with one attached hydrogen (secondary N) is 7. The number of fused-ring (bicyclic) bond motifs is 1. The molecule has 0 radical (unpaired) electrons. The van der Waals surface area contributed by atoms with E-state index in [0.717, 1.165) is 21.6 Å². The van der Waals surface area contributed by atoms with Crippen LogP contribution in [0.4, 0.5) is 0 Å². The van der Waals surface area contributed by atoms with Gasteiger partial charge in [0.15, 0.2) is 18.0 Å². The summed E-state index contributed by atoms with van der Waals surface area (Å²) in [5.74, 6) is -19.5. The molecule has 4 fully saturated rings. The molecule has 5 rings (SSSR count). The van der Waals surface area contributed by atoms with E-state index in [4.69, 9.17) is 36.1 Å². The molecule has 0 unspecified atom stereocenters. The molecule has 4 heterocycles. The Morgan fingerprint density at radius 2 is 1.28 bits per heavy atom. The fourth-order valence-electron chi connectivity index (χ4n) is 14.1. The normalized spacial score (nSPS) is 24.6. The van der Waals surface area contributed by atoms with E-state index in [1.165, 1.54) is 40.0 Å². The number of nitrogens with zero attached hydrogens (tertiary/aromatic N) is 4. The molecule has 17 atom stereocenters. The number of carbonyl (C=O) groups excluding carboxylic acids is 18. The standard InChI is InChI=1S/C77H118N14O23/c1-15-41(8)62-56(92)37-61(97)114-65(40(6)7)64(98)42(9)66(99)85-51(34-38(2)3)73(106)91-33-17-19-53(91)75(108)89(13)55(36-45-20-22-46(111-14)23-21-45)77(110)112-43(10)63(71(104)86-62)87-70(103)54(35-39(4)5)88(12)74(107)52-18-16-32-90(52)72(105)44(11)113-76(109)50(26-30-59(80)95)84-69(102)49(25-29-58(79)94)83-68(101)48(24-28-57(78)93)82-67(100)47-27-31-60(96)81-47/h20-23,38-44,47-56,62-63,65,92H,15-19,24-37H2,1-14H3,(H2,78,93)(H2,79,94)(H2,80,95)(H,81,96)(H,82,100)(H,83,101)(H,84,102)(H,85,99)(H,86,104)(H,87,103)/t41-,42-,43+,44-,47-,48-,49-,50-,51-,52-,53-,54+,55-,56-,62+,63+,65-/m0/s1. The number of carbonyl (C=O) groups is 18. The maximum absolute atomic E-state index is 15.4. The zero-order valence-electron chi connectivity index (χ0n) is 67.7. The van der Waals surface area contributed by atoms with Crippen molar-refractivity contribution in [1.29, 1.82) is 0 Å². The van der Waals surface area contributed by atoms with Crippen LogP contribution in [0.2, 0.25) is 0 Å². The summed E-state index contributed by atoms with van der Waals surface area (Å²) >= 11 is 0. The molecule has 634 valence electrons. The summed E-state index contributed by atoms with van der Waals surface area (Å²) in [5.41, 5.74) is 16.7. The minimum absolute atomic E-state index is 0.00320. The number of aliphatic hydroxyl groups excluding tert-OH is 1. The molecule has 14 amide bonds. The van der Waals surface area contributed by atoms with E-state index in [0.29, 0.717) is 17.7 Å². The molecule has 0 bridgehead atoms. The highest BCUT2D eigenvalue weighted by Gasteiger charge is 2.47. The second-order valence-corrected chi connectivity index (χ2v) is 31.2. The second kappa shape index (κ2) is 43.8. The van der Waals surface area contributed by atoms with Crippen LogP contribution in [0.3, 0.4) is 0 Å². The summed E-state index contributed by atoms with van der Waals surface area (Å²) in [6.07, 6.45) is -9.74. The molecule has 37 heteroatoms. The van der Waals surface area contributed by atoms with Gasteiger partial charge in [0, 0.05) is 59.3 Å². The Kier molecular flexibility index (Phi) is 36.2. The summed E-state index contributed by atoms with van der Waals surface area (Å²) < 4.78 is 23.0. The number of aliphatic hydroxyl groups is 1. The number of cyclic esters (lactones) is 2. The molecule has 114 heavy (non-hydrogen) atoms. The average Bonchev–Trinajstić information content (AvgIpc) is 1.46. The smallest absolute Gasteiger partial charge is 0.329 e. The van der Waals surface area contributed by atoms with Gasteiger partial charge < -0.3 is 98.1 Å². The average molecular weight is 1610 g/mol. The second-order valence-electron chi connectivity index (χ2n) is 31.2. The Morgan fingerprint density at radius 1 is 0.702 bits per heavy atom. The highest BCUT2D eigenvalue weighted by atomic mass is 16.6. The maximum atomic E-state index is 15.4. The van der Waals surface area contributed by atoms with Crippen LogP contribution in [0.15, 0.2) is 24.3 Å². The van der Waals surface area contributed by atoms with Gasteiger partial charge in [0.25, 0.3) is 5.91 Å². The fourth-order valence-corrected chi connectivity index (χ4v) is 14.1. The Labute approximate surface area is 663 Å². The molecule has 1 aromatic rings. The highest BCUT2D eigenvalue weighted by molar-refractivity contribution is 6.05. The summed E-state index contributed by atoms with van der Waals surface area (Å²) in [6.45, 7) is 17.3. The summed E-state index contributed by atoms with van der Waals surface area (Å²) in [6, 6.07) is -9.61. The number of benzene rings is 1. The number of methoxy groups -OCH3 is 1. The predicted molar refractivity (Wildman–Crippen MR) is 406 cm³/mol. The molecule has 1 aromatic carbocycles. The zero-order valence-corrected chi connectivity index (χ0v) is 67.7. The van der Waals surface area contributed by atoms with Gasteiger partial charge in [0.2, 0.25) is 76.8 Å². The molecule has 0 aliphatic carbocycles. The van der Waals surface area contributed by atoms with Crippen molar-refractivity contribution in [1.82, 2.24) is 56.8 Å². The largest absolute Gasteiger partial charge is 0.497 e. The third-order valence-corrected chi connectivity index (χ3v) is 21.0. The van der Waals surface area contributed by atoms with Crippen molar-refractivity contribution in [3.05, 3.63) is 29.8 Å². The summed E-state index contributed by atoms with van der Waals surface area (Å²) in [5, 5.41) is 29.8. The van der Waals surface area contributed by atoms with E-state index in [1.54, 1.807) is 65.8 Å². The van der Waals surface area contributed by atoms with Gasteiger partial charge in [0.05, 0.1) is 31.6 Å². The number of ether oxygens (including phenoxy) is 4. The number of hydrogen-bond acceptors (Lipinski definition) is 23. The number of rotatable bonds is 32. The van der Waals surface area contributed by atoms with Crippen molar-refractivity contribution in [2.75, 3.05) is 34.3 Å². The topological polar surface area (TPSA) is 540 Å². The first-order valence-corrected chi connectivity index (χ1v) is 39.1. The van der Waals surface area contributed by atoms with E-state index >= 15 is 24.0 Å². The molecule has 4 aliphatic heterocycles. The molecule has 0 spiro atoms. The van der Waals surface area contributed by atoms with Gasteiger partial charge in [0.1, 0.15) is 72.3 Å². The van der Waals surface area contributed by atoms with E-state index in [2.05, 4.69) is 37.2 Å². The predicted octanol–water partition coefficient (Wildman–Crippen LogP) is -1.60.